The Morgan fingerprint density at radius 1 is 1.69 bits per heavy atom. The predicted octanol–water partition coefficient (Wildman–Crippen LogP) is 1.41. The van der Waals surface area contributed by atoms with Crippen LogP contribution < -0.4 is 5.32 Å². The SMILES string of the molecule is O=C(O)C1(c2ccsc2)CCCN1. The molecule has 3 nitrogen and oxygen atoms in total. The number of rotatable bonds is 2. The average Bonchev–Trinajstić information content (AvgIpc) is 2.75. The van der Waals surface area contributed by atoms with Crippen molar-refractivity contribution in [2.24, 2.45) is 0 Å². The molecule has 13 heavy (non-hydrogen) atoms. The van der Waals surface area contributed by atoms with Gasteiger partial charge in [-0.1, -0.05) is 0 Å². The number of carboxylic acids is 1. The fraction of sp³-hybridized carbons (Fsp3) is 0.444. The first-order chi connectivity index (χ1) is 6.26. The van der Waals surface area contributed by atoms with Crippen LogP contribution in [0, 0.1) is 0 Å². The Bertz CT molecular complexity index is 301. The van der Waals surface area contributed by atoms with E-state index < -0.39 is 11.5 Å². The van der Waals surface area contributed by atoms with Crippen molar-refractivity contribution in [3.63, 3.8) is 0 Å². The number of carboxylic acid groups (broad SMARTS) is 1. The number of aliphatic carboxylic acids is 1. The fourth-order valence-corrected chi connectivity index (χ4v) is 2.53. The summed E-state index contributed by atoms with van der Waals surface area (Å²) in [7, 11) is 0. The van der Waals surface area contributed by atoms with Crippen LogP contribution in [0.5, 0.6) is 0 Å². The number of carbonyl (C=O) groups is 1. The molecule has 4 heteroatoms. The maximum atomic E-state index is 11.2. The van der Waals surface area contributed by atoms with Gasteiger partial charge in [-0.15, -0.1) is 0 Å². The third kappa shape index (κ3) is 1.26. The van der Waals surface area contributed by atoms with Crippen molar-refractivity contribution in [3.05, 3.63) is 22.4 Å². The molecule has 0 spiro atoms. The first-order valence-corrected chi connectivity index (χ1v) is 5.21. The van der Waals surface area contributed by atoms with Gasteiger partial charge in [-0.05, 0) is 41.8 Å². The molecule has 0 radical (unpaired) electrons. The van der Waals surface area contributed by atoms with Crippen LogP contribution in [-0.2, 0) is 10.3 Å². The van der Waals surface area contributed by atoms with E-state index in [0.717, 1.165) is 18.5 Å². The lowest BCUT2D eigenvalue weighted by Gasteiger charge is -2.23. The summed E-state index contributed by atoms with van der Waals surface area (Å²) in [4.78, 5) is 11.2. The molecule has 1 aliphatic heterocycles. The standard InChI is InChI=1S/C9H11NO2S/c11-8(12)9(3-1-4-10-9)7-2-5-13-6-7/h2,5-6,10H,1,3-4H2,(H,11,12). The number of thiophene rings is 1. The minimum Gasteiger partial charge on any atom is -0.480 e. The normalized spacial score (nSPS) is 27.7. The van der Waals surface area contributed by atoms with Crippen LogP contribution in [0.25, 0.3) is 0 Å². The molecule has 1 fully saturated rings. The van der Waals surface area contributed by atoms with Crippen molar-refractivity contribution in [1.29, 1.82) is 0 Å². The molecular weight excluding hydrogens is 186 g/mol. The van der Waals surface area contributed by atoms with E-state index in [1.54, 1.807) is 0 Å². The maximum absolute atomic E-state index is 11.2. The Labute approximate surface area is 80.4 Å². The second-order valence-corrected chi connectivity index (χ2v) is 4.03. The van der Waals surface area contributed by atoms with Crippen LogP contribution in [0.4, 0.5) is 0 Å². The molecule has 1 aromatic heterocycles. The van der Waals surface area contributed by atoms with Crippen LogP contribution >= 0.6 is 11.3 Å². The van der Waals surface area contributed by atoms with E-state index in [2.05, 4.69) is 5.32 Å². The minimum atomic E-state index is -0.806. The zero-order chi connectivity index (χ0) is 9.31. The molecule has 0 aliphatic carbocycles. The zero-order valence-electron chi connectivity index (χ0n) is 7.12. The highest BCUT2D eigenvalue weighted by molar-refractivity contribution is 7.08. The van der Waals surface area contributed by atoms with Crippen LogP contribution in [0.2, 0.25) is 0 Å². The van der Waals surface area contributed by atoms with Crippen LogP contribution in [0.3, 0.4) is 0 Å². The Morgan fingerprint density at radius 2 is 2.54 bits per heavy atom. The summed E-state index contributed by atoms with van der Waals surface area (Å²) in [6.07, 6.45) is 1.63. The molecule has 0 bridgehead atoms. The van der Waals surface area contributed by atoms with E-state index in [0.29, 0.717) is 6.42 Å². The van der Waals surface area contributed by atoms with Crippen molar-refractivity contribution in [3.8, 4) is 0 Å². The molecule has 1 atom stereocenters. The van der Waals surface area contributed by atoms with Gasteiger partial charge in [-0.2, -0.15) is 11.3 Å². The lowest BCUT2D eigenvalue weighted by atomic mass is 9.91. The first-order valence-electron chi connectivity index (χ1n) is 4.27. The quantitative estimate of drug-likeness (QED) is 0.753. The van der Waals surface area contributed by atoms with Gasteiger partial charge in [-0.25, -0.2) is 4.79 Å². The van der Waals surface area contributed by atoms with Gasteiger partial charge in [0.25, 0.3) is 0 Å². The van der Waals surface area contributed by atoms with E-state index in [-0.39, 0.29) is 0 Å². The Kier molecular flexibility index (Phi) is 2.09. The van der Waals surface area contributed by atoms with Crippen molar-refractivity contribution in [2.75, 3.05) is 6.54 Å². The molecule has 0 saturated carbocycles. The number of nitrogens with one attached hydrogen (secondary N) is 1. The van der Waals surface area contributed by atoms with Crippen molar-refractivity contribution in [2.45, 2.75) is 18.4 Å². The minimum absolute atomic E-state index is 0.694. The Balaban J connectivity index is 2.39. The summed E-state index contributed by atoms with van der Waals surface area (Å²) >= 11 is 1.54. The summed E-state index contributed by atoms with van der Waals surface area (Å²) in [5.74, 6) is -0.761. The number of hydrogen-bond acceptors (Lipinski definition) is 3. The van der Waals surface area contributed by atoms with E-state index in [9.17, 15) is 9.90 Å². The molecule has 1 unspecified atom stereocenters. The summed E-state index contributed by atoms with van der Waals surface area (Å²) in [6.45, 7) is 0.794. The summed E-state index contributed by atoms with van der Waals surface area (Å²) in [5, 5.41) is 16.1. The largest absolute Gasteiger partial charge is 0.480 e. The van der Waals surface area contributed by atoms with Gasteiger partial charge in [0, 0.05) is 0 Å². The molecule has 1 aromatic rings. The highest BCUT2D eigenvalue weighted by Crippen LogP contribution is 2.32. The fourth-order valence-electron chi connectivity index (χ4n) is 1.80. The molecule has 1 aliphatic rings. The lowest BCUT2D eigenvalue weighted by Crippen LogP contribution is -2.44. The van der Waals surface area contributed by atoms with Crippen LogP contribution in [0.1, 0.15) is 18.4 Å². The highest BCUT2D eigenvalue weighted by atomic mass is 32.1. The van der Waals surface area contributed by atoms with Crippen LogP contribution in [-0.4, -0.2) is 17.6 Å². The monoisotopic (exact) mass is 197 g/mol. The average molecular weight is 197 g/mol. The van der Waals surface area contributed by atoms with Crippen molar-refractivity contribution < 1.29 is 9.90 Å². The topological polar surface area (TPSA) is 49.3 Å². The summed E-state index contributed by atoms with van der Waals surface area (Å²) in [5.41, 5.74) is 0.0856. The van der Waals surface area contributed by atoms with E-state index in [4.69, 9.17) is 0 Å². The Morgan fingerprint density at radius 3 is 3.00 bits per heavy atom. The van der Waals surface area contributed by atoms with Crippen molar-refractivity contribution in [1.82, 2.24) is 5.32 Å². The van der Waals surface area contributed by atoms with Gasteiger partial charge in [0.2, 0.25) is 0 Å². The second kappa shape index (κ2) is 3.12. The lowest BCUT2D eigenvalue weighted by molar-refractivity contribution is -0.144. The Hall–Kier alpha value is -0.870. The maximum Gasteiger partial charge on any atom is 0.328 e. The van der Waals surface area contributed by atoms with Gasteiger partial charge in [0.05, 0.1) is 0 Å². The molecule has 2 heterocycles. The summed E-state index contributed by atoms with van der Waals surface area (Å²) in [6, 6.07) is 1.89. The van der Waals surface area contributed by atoms with E-state index in [1.165, 1.54) is 11.3 Å². The molecular formula is C9H11NO2S. The summed E-state index contributed by atoms with van der Waals surface area (Å²) < 4.78 is 0. The first kappa shape index (κ1) is 8.72. The molecule has 2 N–H and O–H groups in total. The molecule has 70 valence electrons. The third-order valence-electron chi connectivity index (χ3n) is 2.53. The van der Waals surface area contributed by atoms with Gasteiger partial charge < -0.3 is 5.11 Å². The van der Waals surface area contributed by atoms with Gasteiger partial charge in [0.1, 0.15) is 5.54 Å². The highest BCUT2D eigenvalue weighted by Gasteiger charge is 2.42. The molecule has 1 saturated heterocycles. The second-order valence-electron chi connectivity index (χ2n) is 3.25. The van der Waals surface area contributed by atoms with Gasteiger partial charge >= 0.3 is 5.97 Å². The van der Waals surface area contributed by atoms with E-state index >= 15 is 0 Å². The van der Waals surface area contributed by atoms with Crippen LogP contribution in [0.15, 0.2) is 16.8 Å². The van der Waals surface area contributed by atoms with Gasteiger partial charge in [-0.3, -0.25) is 5.32 Å². The van der Waals surface area contributed by atoms with E-state index in [1.807, 2.05) is 16.8 Å². The van der Waals surface area contributed by atoms with Gasteiger partial charge in [0.15, 0.2) is 0 Å². The third-order valence-corrected chi connectivity index (χ3v) is 3.22. The smallest absolute Gasteiger partial charge is 0.328 e. The predicted molar refractivity (Wildman–Crippen MR) is 50.9 cm³/mol. The number of hydrogen-bond donors (Lipinski definition) is 2. The molecule has 0 aromatic carbocycles. The molecule has 0 amide bonds. The zero-order valence-corrected chi connectivity index (χ0v) is 7.93. The van der Waals surface area contributed by atoms with Crippen molar-refractivity contribution >= 4 is 17.3 Å². The molecule has 2 rings (SSSR count).